The summed E-state index contributed by atoms with van der Waals surface area (Å²) in [6, 6.07) is 15.8. The van der Waals surface area contributed by atoms with E-state index in [0.717, 1.165) is 24.3 Å². The van der Waals surface area contributed by atoms with Gasteiger partial charge in [0.2, 0.25) is 0 Å². The summed E-state index contributed by atoms with van der Waals surface area (Å²) in [4.78, 5) is 14.5. The molecule has 3 aromatic rings. The summed E-state index contributed by atoms with van der Waals surface area (Å²) in [6.45, 7) is 4.42. The standard InChI is InChI=1S/C24H30FN5O3/c1-16-22(30(28-23(16)31)19-9-4-3-5-10-19)27-24(32)26-21-15-29(11-12-33-2)14-20(21)17-7-6-8-18(25)13-17/h3-10,13,20-21,24,26-27,32H,11-12,14-15H2,1-2H3,(H,28,31)/t20-,21+,24?/m0/s1. The molecular formula is C24H30FN5O3. The number of aromatic amines is 1. The van der Waals surface area contributed by atoms with Crippen LogP contribution >= 0.6 is 0 Å². The Hall–Kier alpha value is -2.98. The Labute approximate surface area is 192 Å². The van der Waals surface area contributed by atoms with Crippen LogP contribution in [-0.4, -0.2) is 65.5 Å². The minimum absolute atomic E-state index is 0.0161. The fourth-order valence-corrected chi connectivity index (χ4v) is 4.37. The van der Waals surface area contributed by atoms with Gasteiger partial charge in [-0.3, -0.25) is 20.1 Å². The molecule has 1 aliphatic heterocycles. The van der Waals surface area contributed by atoms with Crippen molar-refractivity contribution in [1.29, 1.82) is 0 Å². The highest BCUT2D eigenvalue weighted by Gasteiger charge is 2.35. The molecule has 176 valence electrons. The fourth-order valence-electron chi connectivity index (χ4n) is 4.37. The molecule has 33 heavy (non-hydrogen) atoms. The number of ether oxygens (including phenoxy) is 1. The Kier molecular flexibility index (Phi) is 7.24. The number of hydrogen-bond acceptors (Lipinski definition) is 6. The SMILES string of the molecule is COCCN1C[C@@H](NC(O)Nc2c(C)c(=O)[nH]n2-c2ccccc2)[C@H](c2cccc(F)c2)C1. The second-order valence-corrected chi connectivity index (χ2v) is 8.32. The number of nitrogens with zero attached hydrogens (tertiary/aromatic N) is 2. The van der Waals surface area contributed by atoms with E-state index in [9.17, 15) is 14.3 Å². The van der Waals surface area contributed by atoms with Crippen molar-refractivity contribution in [3.8, 4) is 5.69 Å². The average molecular weight is 456 g/mol. The van der Waals surface area contributed by atoms with Gasteiger partial charge in [-0.05, 0) is 36.8 Å². The fraction of sp³-hybridized carbons (Fsp3) is 0.375. The first-order valence-corrected chi connectivity index (χ1v) is 11.0. The molecule has 1 aliphatic rings. The summed E-state index contributed by atoms with van der Waals surface area (Å²) in [5, 5.41) is 19.9. The van der Waals surface area contributed by atoms with Crippen LogP contribution in [0.15, 0.2) is 59.4 Å². The van der Waals surface area contributed by atoms with Gasteiger partial charge in [0.25, 0.3) is 5.56 Å². The lowest BCUT2D eigenvalue weighted by Crippen LogP contribution is -2.46. The third-order valence-corrected chi connectivity index (χ3v) is 6.08. The average Bonchev–Trinajstić information content (AvgIpc) is 3.34. The molecule has 3 atom stereocenters. The number of hydrogen-bond donors (Lipinski definition) is 4. The van der Waals surface area contributed by atoms with Gasteiger partial charge in [0, 0.05) is 38.7 Å². The number of rotatable bonds is 9. The molecule has 1 fully saturated rings. The number of aromatic nitrogens is 2. The lowest BCUT2D eigenvalue weighted by Gasteiger charge is -2.25. The van der Waals surface area contributed by atoms with E-state index >= 15 is 0 Å². The monoisotopic (exact) mass is 455 g/mol. The summed E-state index contributed by atoms with van der Waals surface area (Å²) in [7, 11) is 1.66. The van der Waals surface area contributed by atoms with Crippen molar-refractivity contribution in [3.05, 3.63) is 81.9 Å². The molecule has 0 aliphatic carbocycles. The summed E-state index contributed by atoms with van der Waals surface area (Å²) in [5.74, 6) is 0.176. The van der Waals surface area contributed by atoms with Gasteiger partial charge in [0.05, 0.1) is 17.9 Å². The molecule has 4 rings (SSSR count). The van der Waals surface area contributed by atoms with Gasteiger partial charge >= 0.3 is 0 Å². The minimum Gasteiger partial charge on any atom is -0.383 e. The van der Waals surface area contributed by atoms with E-state index in [4.69, 9.17) is 4.74 Å². The molecule has 2 heterocycles. The van der Waals surface area contributed by atoms with Crippen molar-refractivity contribution in [2.24, 2.45) is 0 Å². The van der Waals surface area contributed by atoms with Crippen molar-refractivity contribution in [1.82, 2.24) is 20.0 Å². The van der Waals surface area contributed by atoms with Gasteiger partial charge in [-0.25, -0.2) is 9.07 Å². The van der Waals surface area contributed by atoms with Crippen molar-refractivity contribution in [2.45, 2.75) is 25.2 Å². The zero-order valence-electron chi connectivity index (χ0n) is 18.8. The van der Waals surface area contributed by atoms with Crippen LogP contribution in [0.2, 0.25) is 0 Å². The normalized spacial score (nSPS) is 19.6. The van der Waals surface area contributed by atoms with Gasteiger partial charge < -0.3 is 15.2 Å². The maximum Gasteiger partial charge on any atom is 0.269 e. The second-order valence-electron chi connectivity index (χ2n) is 8.32. The molecule has 1 saturated heterocycles. The maximum atomic E-state index is 13.9. The van der Waals surface area contributed by atoms with E-state index in [-0.39, 0.29) is 23.3 Å². The number of aliphatic hydroxyl groups is 1. The quantitative estimate of drug-likeness (QED) is 0.369. The highest BCUT2D eigenvalue weighted by molar-refractivity contribution is 5.50. The Balaban J connectivity index is 1.53. The third-order valence-electron chi connectivity index (χ3n) is 6.08. The van der Waals surface area contributed by atoms with Crippen LogP contribution in [0.1, 0.15) is 17.0 Å². The van der Waals surface area contributed by atoms with Gasteiger partial charge in [-0.1, -0.05) is 30.3 Å². The largest absolute Gasteiger partial charge is 0.383 e. The van der Waals surface area contributed by atoms with Crippen LogP contribution in [0.3, 0.4) is 0 Å². The predicted octanol–water partition coefficient (Wildman–Crippen LogP) is 2.00. The van der Waals surface area contributed by atoms with E-state index in [1.807, 2.05) is 36.4 Å². The third kappa shape index (κ3) is 5.33. The highest BCUT2D eigenvalue weighted by atomic mass is 19.1. The molecule has 1 unspecified atom stereocenters. The van der Waals surface area contributed by atoms with E-state index in [1.54, 1.807) is 30.8 Å². The zero-order valence-corrected chi connectivity index (χ0v) is 18.8. The number of anilines is 1. The zero-order chi connectivity index (χ0) is 23.4. The van der Waals surface area contributed by atoms with Crippen molar-refractivity contribution in [2.75, 3.05) is 38.7 Å². The summed E-state index contributed by atoms with van der Waals surface area (Å²) >= 11 is 0. The van der Waals surface area contributed by atoms with Gasteiger partial charge in [-0.15, -0.1) is 0 Å². The second kappa shape index (κ2) is 10.3. The number of para-hydroxylation sites is 1. The maximum absolute atomic E-state index is 13.9. The first-order valence-electron chi connectivity index (χ1n) is 11.0. The molecule has 8 nitrogen and oxygen atoms in total. The molecule has 0 saturated carbocycles. The molecule has 9 heteroatoms. The van der Waals surface area contributed by atoms with Crippen LogP contribution in [0.4, 0.5) is 10.2 Å². The van der Waals surface area contributed by atoms with Gasteiger partial charge in [0.15, 0.2) is 6.35 Å². The molecule has 4 N–H and O–H groups in total. The van der Waals surface area contributed by atoms with Crippen LogP contribution in [0, 0.1) is 12.7 Å². The number of benzene rings is 2. The minimum atomic E-state index is -1.13. The van der Waals surface area contributed by atoms with Crippen molar-refractivity contribution in [3.63, 3.8) is 0 Å². The molecule has 2 aromatic carbocycles. The topological polar surface area (TPSA) is 94.6 Å². The summed E-state index contributed by atoms with van der Waals surface area (Å²) in [6.07, 6.45) is -1.13. The number of nitrogens with one attached hydrogen (secondary N) is 3. The number of H-pyrrole nitrogens is 1. The van der Waals surface area contributed by atoms with E-state index in [1.165, 1.54) is 6.07 Å². The Morgan fingerprint density at radius 2 is 2.00 bits per heavy atom. The smallest absolute Gasteiger partial charge is 0.269 e. The van der Waals surface area contributed by atoms with Crippen molar-refractivity contribution < 1.29 is 14.2 Å². The van der Waals surface area contributed by atoms with Crippen LogP contribution < -0.4 is 16.2 Å². The number of aliphatic hydroxyl groups excluding tert-OH is 1. The molecular weight excluding hydrogens is 425 g/mol. The summed E-state index contributed by atoms with van der Waals surface area (Å²) < 4.78 is 20.7. The molecule has 0 radical (unpaired) electrons. The lowest BCUT2D eigenvalue weighted by atomic mass is 9.94. The van der Waals surface area contributed by atoms with Crippen LogP contribution in [-0.2, 0) is 4.74 Å². The van der Waals surface area contributed by atoms with Gasteiger partial charge in [-0.2, -0.15) is 0 Å². The first kappa shape index (κ1) is 23.2. The van der Waals surface area contributed by atoms with E-state index in [2.05, 4.69) is 20.6 Å². The Bertz CT molecular complexity index is 1120. The molecule has 0 amide bonds. The molecule has 0 bridgehead atoms. The van der Waals surface area contributed by atoms with E-state index < -0.39 is 6.35 Å². The van der Waals surface area contributed by atoms with Crippen molar-refractivity contribution >= 4 is 5.82 Å². The highest BCUT2D eigenvalue weighted by Crippen LogP contribution is 2.28. The van der Waals surface area contributed by atoms with Crippen LogP contribution in [0.5, 0.6) is 0 Å². The molecule has 0 spiro atoms. The number of likely N-dealkylation sites (tertiary alicyclic amines) is 1. The Morgan fingerprint density at radius 3 is 2.73 bits per heavy atom. The summed E-state index contributed by atoms with van der Waals surface area (Å²) in [5.41, 5.74) is 1.87. The predicted molar refractivity (Wildman–Crippen MR) is 125 cm³/mol. The number of methoxy groups -OCH3 is 1. The first-order chi connectivity index (χ1) is 16.0. The van der Waals surface area contributed by atoms with Gasteiger partial charge in [0.1, 0.15) is 11.6 Å². The Morgan fingerprint density at radius 1 is 1.21 bits per heavy atom. The molecule has 1 aromatic heterocycles. The van der Waals surface area contributed by atoms with Crippen LogP contribution in [0.25, 0.3) is 5.69 Å². The number of halogens is 1. The van der Waals surface area contributed by atoms with E-state index in [0.29, 0.717) is 24.5 Å². The lowest BCUT2D eigenvalue weighted by molar-refractivity contribution is 0.139.